The molecule has 0 aliphatic carbocycles. The Hall–Kier alpha value is -3.43. The quantitative estimate of drug-likeness (QED) is 0.482. The summed E-state index contributed by atoms with van der Waals surface area (Å²) < 4.78 is 84.2. The molecule has 2 fully saturated rings. The van der Waals surface area contributed by atoms with Crippen LogP contribution in [0.25, 0.3) is 0 Å². The first kappa shape index (κ1) is 29.6. The standard InChI is InChI=1S/C24H29F6N7O3/c1-13(34-16-10-33-35-19(38)17(16)24(28,29)30)11-40-18-20(39)37(12-22(18,2)3)15-4-6-36(7-5-15)21-31-8-14(9-32-21)23(25,26)27/h8-10,13,15,18H,4-7,11-12H2,1-3H3,(H2,34,35,38)/t13?,18-/m0/s1. The van der Waals surface area contributed by atoms with Crippen LogP contribution in [0.4, 0.5) is 38.0 Å². The van der Waals surface area contributed by atoms with E-state index in [-0.39, 0.29) is 24.5 Å². The smallest absolute Gasteiger partial charge is 0.378 e. The van der Waals surface area contributed by atoms with Crippen LogP contribution in [0.3, 0.4) is 0 Å². The summed E-state index contributed by atoms with van der Waals surface area (Å²) in [5.74, 6) is -0.0539. The van der Waals surface area contributed by atoms with E-state index in [4.69, 9.17) is 4.74 Å². The van der Waals surface area contributed by atoms with Crippen molar-refractivity contribution in [1.29, 1.82) is 0 Å². The number of amides is 1. The highest BCUT2D eigenvalue weighted by Gasteiger charge is 2.49. The fourth-order valence-corrected chi connectivity index (χ4v) is 5.04. The number of piperidine rings is 1. The number of nitrogens with one attached hydrogen (secondary N) is 2. The minimum Gasteiger partial charge on any atom is -0.378 e. The van der Waals surface area contributed by atoms with E-state index in [1.54, 1.807) is 21.8 Å². The minimum atomic E-state index is -4.89. The number of ether oxygens (including phenoxy) is 1. The second-order valence-corrected chi connectivity index (χ2v) is 10.7. The first-order valence-corrected chi connectivity index (χ1v) is 12.6. The Kier molecular flexibility index (Phi) is 8.02. The first-order valence-electron chi connectivity index (χ1n) is 12.6. The van der Waals surface area contributed by atoms with Crippen LogP contribution in [-0.2, 0) is 21.9 Å². The van der Waals surface area contributed by atoms with Crippen molar-refractivity contribution in [3.63, 3.8) is 0 Å². The Morgan fingerprint density at radius 2 is 1.70 bits per heavy atom. The number of H-pyrrole nitrogens is 1. The molecule has 0 spiro atoms. The monoisotopic (exact) mass is 577 g/mol. The van der Waals surface area contributed by atoms with Gasteiger partial charge in [-0.2, -0.15) is 31.4 Å². The maximum absolute atomic E-state index is 13.3. The summed E-state index contributed by atoms with van der Waals surface area (Å²) in [6.07, 6.45) is -6.80. The molecule has 1 unspecified atom stereocenters. The lowest BCUT2D eigenvalue weighted by Gasteiger charge is -2.37. The number of aromatic amines is 1. The summed E-state index contributed by atoms with van der Waals surface area (Å²) in [6.45, 7) is 6.46. The molecule has 0 saturated carbocycles. The summed E-state index contributed by atoms with van der Waals surface area (Å²) in [5.41, 5.74) is -4.78. The Bertz CT molecular complexity index is 1260. The number of halogens is 6. The molecule has 0 bridgehead atoms. The van der Waals surface area contributed by atoms with Crippen LogP contribution in [0.15, 0.2) is 23.4 Å². The van der Waals surface area contributed by atoms with Crippen molar-refractivity contribution in [2.24, 2.45) is 5.41 Å². The highest BCUT2D eigenvalue weighted by atomic mass is 19.4. The van der Waals surface area contributed by atoms with Gasteiger partial charge in [0.2, 0.25) is 5.95 Å². The van der Waals surface area contributed by atoms with Crippen LogP contribution in [0.5, 0.6) is 0 Å². The number of hydrogen-bond acceptors (Lipinski definition) is 8. The molecule has 0 radical (unpaired) electrons. The fraction of sp³-hybridized carbons (Fsp3) is 0.625. The van der Waals surface area contributed by atoms with E-state index in [0.29, 0.717) is 32.5 Å². The van der Waals surface area contributed by atoms with Crippen molar-refractivity contribution < 1.29 is 35.9 Å². The number of carbonyl (C=O) groups excluding carboxylic acids is 1. The molecular formula is C24H29F6N7O3. The topological polar surface area (TPSA) is 116 Å². The van der Waals surface area contributed by atoms with Gasteiger partial charge >= 0.3 is 12.4 Å². The van der Waals surface area contributed by atoms with Crippen molar-refractivity contribution in [3.05, 3.63) is 40.1 Å². The maximum Gasteiger partial charge on any atom is 0.423 e. The largest absolute Gasteiger partial charge is 0.423 e. The van der Waals surface area contributed by atoms with Crippen molar-refractivity contribution in [2.75, 3.05) is 36.5 Å². The van der Waals surface area contributed by atoms with Crippen LogP contribution in [0.2, 0.25) is 0 Å². The third kappa shape index (κ3) is 6.31. The van der Waals surface area contributed by atoms with Gasteiger partial charge in [0.05, 0.1) is 24.1 Å². The summed E-state index contributed by atoms with van der Waals surface area (Å²) in [5, 5.41) is 7.80. The zero-order valence-corrected chi connectivity index (χ0v) is 21.9. The van der Waals surface area contributed by atoms with Crippen LogP contribution in [0, 0.1) is 5.41 Å². The summed E-state index contributed by atoms with van der Waals surface area (Å²) in [7, 11) is 0. The minimum absolute atomic E-state index is 0.110. The normalized spacial score (nSPS) is 21.1. The van der Waals surface area contributed by atoms with Gasteiger partial charge in [0.25, 0.3) is 11.5 Å². The van der Waals surface area contributed by atoms with Gasteiger partial charge in [0.15, 0.2) is 0 Å². The third-order valence-corrected chi connectivity index (χ3v) is 7.00. The molecule has 2 saturated heterocycles. The molecule has 40 heavy (non-hydrogen) atoms. The summed E-state index contributed by atoms with van der Waals surface area (Å²) in [6, 6.07) is -0.813. The first-order chi connectivity index (χ1) is 18.6. The lowest BCUT2D eigenvalue weighted by Crippen LogP contribution is -2.47. The number of likely N-dealkylation sites (tertiary alicyclic amines) is 1. The van der Waals surface area contributed by atoms with Crippen molar-refractivity contribution in [3.8, 4) is 0 Å². The van der Waals surface area contributed by atoms with E-state index in [9.17, 15) is 35.9 Å². The van der Waals surface area contributed by atoms with Gasteiger partial charge < -0.3 is 19.9 Å². The van der Waals surface area contributed by atoms with E-state index >= 15 is 0 Å². The average molecular weight is 578 g/mol. The molecule has 2 aliphatic rings. The number of hydrogen-bond donors (Lipinski definition) is 2. The number of aromatic nitrogens is 4. The van der Waals surface area contributed by atoms with Gasteiger partial charge in [-0.05, 0) is 19.8 Å². The maximum atomic E-state index is 13.3. The van der Waals surface area contributed by atoms with E-state index in [0.717, 1.165) is 18.6 Å². The van der Waals surface area contributed by atoms with Gasteiger partial charge in [-0.15, -0.1) is 0 Å². The zero-order chi connectivity index (χ0) is 29.5. The lowest BCUT2D eigenvalue weighted by molar-refractivity contribution is -0.141. The predicted molar refractivity (Wildman–Crippen MR) is 130 cm³/mol. The van der Waals surface area contributed by atoms with Crippen molar-refractivity contribution >= 4 is 17.5 Å². The highest BCUT2D eigenvalue weighted by Crippen LogP contribution is 2.37. The number of carbonyl (C=O) groups is 1. The zero-order valence-electron chi connectivity index (χ0n) is 21.9. The molecule has 2 aromatic heterocycles. The van der Waals surface area contributed by atoms with Gasteiger partial charge in [-0.1, -0.05) is 13.8 Å². The number of nitrogens with zero attached hydrogens (tertiary/aromatic N) is 5. The van der Waals surface area contributed by atoms with Gasteiger partial charge in [0.1, 0.15) is 11.7 Å². The highest BCUT2D eigenvalue weighted by molar-refractivity contribution is 5.84. The average Bonchev–Trinajstić information content (AvgIpc) is 3.09. The van der Waals surface area contributed by atoms with E-state index in [2.05, 4.69) is 20.4 Å². The predicted octanol–water partition coefficient (Wildman–Crippen LogP) is 3.32. The molecule has 16 heteroatoms. The molecule has 220 valence electrons. The molecule has 10 nitrogen and oxygen atoms in total. The molecular weight excluding hydrogens is 548 g/mol. The number of rotatable bonds is 7. The van der Waals surface area contributed by atoms with Crippen LogP contribution < -0.4 is 15.8 Å². The Morgan fingerprint density at radius 3 is 2.27 bits per heavy atom. The summed E-state index contributed by atoms with van der Waals surface area (Å²) >= 11 is 0. The summed E-state index contributed by atoms with van der Waals surface area (Å²) in [4.78, 5) is 36.2. The Labute approximate surface area is 225 Å². The molecule has 4 rings (SSSR count). The number of anilines is 2. The molecule has 2 aromatic rings. The van der Waals surface area contributed by atoms with Crippen molar-refractivity contribution in [1.82, 2.24) is 25.1 Å². The van der Waals surface area contributed by atoms with E-state index in [1.165, 1.54) is 0 Å². The lowest BCUT2D eigenvalue weighted by atomic mass is 9.89. The molecule has 2 atom stereocenters. The molecule has 1 amide bonds. The SMILES string of the molecule is CC(CO[C@H]1C(=O)N(C2CCN(c3ncc(C(F)(F)F)cn3)CC2)CC1(C)C)Nc1cn[nH]c(=O)c1C(F)(F)F. The second-order valence-electron chi connectivity index (χ2n) is 10.7. The Balaban J connectivity index is 1.34. The van der Waals surface area contributed by atoms with Crippen LogP contribution in [0.1, 0.15) is 44.7 Å². The van der Waals surface area contributed by atoms with Crippen LogP contribution >= 0.6 is 0 Å². The Morgan fingerprint density at radius 1 is 1.07 bits per heavy atom. The molecule has 2 N–H and O–H groups in total. The van der Waals surface area contributed by atoms with E-state index in [1.807, 2.05) is 13.8 Å². The van der Waals surface area contributed by atoms with Crippen LogP contribution in [-0.4, -0.2) is 75.4 Å². The van der Waals surface area contributed by atoms with E-state index < -0.39 is 52.3 Å². The van der Waals surface area contributed by atoms with Gasteiger partial charge in [-0.25, -0.2) is 15.1 Å². The molecule has 2 aliphatic heterocycles. The molecule has 0 aromatic carbocycles. The number of alkyl halides is 6. The second kappa shape index (κ2) is 10.9. The van der Waals surface area contributed by atoms with Gasteiger partial charge in [-0.3, -0.25) is 9.59 Å². The molecule has 4 heterocycles. The fourth-order valence-electron chi connectivity index (χ4n) is 5.04. The van der Waals surface area contributed by atoms with Gasteiger partial charge in [0, 0.05) is 49.5 Å². The third-order valence-electron chi connectivity index (χ3n) is 7.00. The van der Waals surface area contributed by atoms with Crippen molar-refractivity contribution in [2.45, 2.75) is 64.2 Å².